The van der Waals surface area contributed by atoms with Gasteiger partial charge in [0.1, 0.15) is 13.6 Å². The van der Waals surface area contributed by atoms with Crippen molar-refractivity contribution in [2.75, 3.05) is 40.0 Å². The van der Waals surface area contributed by atoms with E-state index in [2.05, 4.69) is 0 Å². The Labute approximate surface area is 119 Å². The van der Waals surface area contributed by atoms with Gasteiger partial charge in [0.25, 0.3) is 0 Å². The third-order valence-electron chi connectivity index (χ3n) is 3.76. The molecule has 0 saturated carbocycles. The highest BCUT2D eigenvalue weighted by molar-refractivity contribution is 4.79. The monoisotopic (exact) mass is 288 g/mol. The lowest BCUT2D eigenvalue weighted by Crippen LogP contribution is -2.13. The van der Waals surface area contributed by atoms with E-state index in [1.807, 2.05) is 0 Å². The van der Waals surface area contributed by atoms with Crippen LogP contribution in [0.4, 0.5) is 0 Å². The van der Waals surface area contributed by atoms with Crippen LogP contribution in [-0.4, -0.2) is 64.4 Å². The van der Waals surface area contributed by atoms with Crippen LogP contribution < -0.4 is 0 Å². The molecule has 0 N–H and O–H groups in total. The van der Waals surface area contributed by atoms with E-state index in [1.165, 1.54) is 0 Å². The van der Waals surface area contributed by atoms with Gasteiger partial charge >= 0.3 is 0 Å². The normalized spacial score (nSPS) is 38.4. The minimum atomic E-state index is 0.308. The number of hydrogen-bond donors (Lipinski definition) is 0. The predicted molar refractivity (Wildman–Crippen MR) is 69.3 cm³/mol. The molecule has 0 spiro atoms. The van der Waals surface area contributed by atoms with Crippen molar-refractivity contribution < 1.29 is 28.4 Å². The summed E-state index contributed by atoms with van der Waals surface area (Å²) in [5.41, 5.74) is 0. The van der Waals surface area contributed by atoms with Gasteiger partial charge in [0.15, 0.2) is 0 Å². The van der Waals surface area contributed by atoms with Gasteiger partial charge in [-0.2, -0.15) is 0 Å². The van der Waals surface area contributed by atoms with Gasteiger partial charge in [-0.15, -0.1) is 0 Å². The first-order chi connectivity index (χ1) is 9.90. The molecule has 4 rings (SSSR count). The molecule has 0 radical (unpaired) electrons. The van der Waals surface area contributed by atoms with E-state index in [9.17, 15) is 0 Å². The van der Waals surface area contributed by atoms with Gasteiger partial charge in [0, 0.05) is 6.42 Å². The van der Waals surface area contributed by atoms with Crippen LogP contribution in [0.5, 0.6) is 0 Å². The molecule has 20 heavy (non-hydrogen) atoms. The lowest BCUT2D eigenvalue weighted by molar-refractivity contribution is 0.0364. The summed E-state index contributed by atoms with van der Waals surface area (Å²) in [5.74, 6) is 0. The molecule has 4 aliphatic rings. The standard InChI is InChI=1S/C9H16O4.C5H8O2/c1(2-8-4-10-6-12-8)3-9-5-11-7-13-9;1(4-2-6-4)5-3-7-5/h8-9H,1-7H2;4-5H,1-3H2. The molecule has 0 aliphatic carbocycles. The van der Waals surface area contributed by atoms with Crippen molar-refractivity contribution in [3.05, 3.63) is 0 Å². The largest absolute Gasteiger partial charge is 0.373 e. The fourth-order valence-electron chi connectivity index (χ4n) is 2.35. The molecule has 4 aliphatic heterocycles. The summed E-state index contributed by atoms with van der Waals surface area (Å²) >= 11 is 0. The van der Waals surface area contributed by atoms with Crippen LogP contribution in [0.2, 0.25) is 0 Å². The summed E-state index contributed by atoms with van der Waals surface area (Å²) in [5, 5.41) is 0. The molecule has 4 heterocycles. The predicted octanol–water partition coefficient (Wildman–Crippen LogP) is 1.08. The van der Waals surface area contributed by atoms with Crippen LogP contribution >= 0.6 is 0 Å². The quantitative estimate of drug-likeness (QED) is 0.682. The molecule has 4 fully saturated rings. The molecule has 0 aromatic rings. The Morgan fingerprint density at radius 2 is 1.10 bits per heavy atom. The Balaban J connectivity index is 0.000000144. The van der Waals surface area contributed by atoms with E-state index >= 15 is 0 Å². The molecule has 4 saturated heterocycles. The maximum Gasteiger partial charge on any atom is 0.147 e. The maximum atomic E-state index is 5.32. The van der Waals surface area contributed by atoms with Crippen LogP contribution in [0.3, 0.4) is 0 Å². The van der Waals surface area contributed by atoms with Crippen molar-refractivity contribution in [3.8, 4) is 0 Å². The molecule has 4 atom stereocenters. The average Bonchev–Trinajstić information content (AvgIpc) is 3.35. The smallest absolute Gasteiger partial charge is 0.147 e. The summed E-state index contributed by atoms with van der Waals surface area (Å²) in [7, 11) is 0. The van der Waals surface area contributed by atoms with Gasteiger partial charge in [0.2, 0.25) is 0 Å². The Kier molecular flexibility index (Phi) is 5.64. The zero-order chi connectivity index (χ0) is 13.6. The Hall–Kier alpha value is -0.240. The second-order valence-electron chi connectivity index (χ2n) is 5.63. The number of rotatable bonds is 6. The summed E-state index contributed by atoms with van der Waals surface area (Å²) in [4.78, 5) is 0. The van der Waals surface area contributed by atoms with Crippen molar-refractivity contribution in [1.82, 2.24) is 0 Å². The molecular formula is C14H24O6. The molecule has 4 unspecified atom stereocenters. The summed E-state index contributed by atoms with van der Waals surface area (Å²) < 4.78 is 30.8. The van der Waals surface area contributed by atoms with E-state index in [0.717, 1.165) is 52.1 Å². The van der Waals surface area contributed by atoms with Crippen molar-refractivity contribution in [2.24, 2.45) is 0 Å². The lowest BCUT2D eigenvalue weighted by Gasteiger charge is -2.09. The van der Waals surface area contributed by atoms with Crippen molar-refractivity contribution >= 4 is 0 Å². The fourth-order valence-corrected chi connectivity index (χ4v) is 2.35. The third kappa shape index (κ3) is 5.63. The van der Waals surface area contributed by atoms with Crippen molar-refractivity contribution in [1.29, 1.82) is 0 Å². The third-order valence-corrected chi connectivity index (χ3v) is 3.76. The minimum Gasteiger partial charge on any atom is -0.373 e. The van der Waals surface area contributed by atoms with Gasteiger partial charge in [0.05, 0.1) is 50.8 Å². The van der Waals surface area contributed by atoms with Gasteiger partial charge in [-0.3, -0.25) is 0 Å². The molecule has 0 aromatic carbocycles. The van der Waals surface area contributed by atoms with E-state index < -0.39 is 0 Å². The van der Waals surface area contributed by atoms with Crippen LogP contribution in [0.25, 0.3) is 0 Å². The molecule has 0 aromatic heterocycles. The zero-order valence-electron chi connectivity index (χ0n) is 11.8. The molecule has 116 valence electrons. The Morgan fingerprint density at radius 1 is 0.600 bits per heavy atom. The van der Waals surface area contributed by atoms with E-state index in [-0.39, 0.29) is 0 Å². The van der Waals surface area contributed by atoms with E-state index in [4.69, 9.17) is 28.4 Å². The first-order valence-corrected chi connectivity index (χ1v) is 7.52. The van der Waals surface area contributed by atoms with E-state index in [0.29, 0.717) is 38.0 Å². The molecule has 6 heteroatoms. The summed E-state index contributed by atoms with van der Waals surface area (Å²) in [6, 6.07) is 0. The first-order valence-electron chi connectivity index (χ1n) is 7.52. The number of ether oxygens (including phenoxy) is 6. The van der Waals surface area contributed by atoms with Crippen LogP contribution in [0.1, 0.15) is 25.7 Å². The van der Waals surface area contributed by atoms with Crippen molar-refractivity contribution in [3.63, 3.8) is 0 Å². The van der Waals surface area contributed by atoms with Crippen molar-refractivity contribution in [2.45, 2.75) is 50.1 Å². The first kappa shape index (κ1) is 14.7. The summed E-state index contributed by atoms with van der Waals surface area (Å²) in [6.45, 7) is 4.38. The molecule has 0 bridgehead atoms. The average molecular weight is 288 g/mol. The van der Waals surface area contributed by atoms with Crippen LogP contribution in [0.15, 0.2) is 0 Å². The second-order valence-corrected chi connectivity index (χ2v) is 5.63. The highest BCUT2D eigenvalue weighted by Gasteiger charge is 2.32. The molecular weight excluding hydrogens is 264 g/mol. The second kappa shape index (κ2) is 7.68. The SMILES string of the molecule is C(CC1COCO1)CC1COCO1.C1OC1CC1CO1. The van der Waals surface area contributed by atoms with Crippen LogP contribution in [-0.2, 0) is 28.4 Å². The van der Waals surface area contributed by atoms with Gasteiger partial charge in [-0.05, 0) is 19.3 Å². The minimum absolute atomic E-state index is 0.308. The fraction of sp³-hybridized carbons (Fsp3) is 1.00. The lowest BCUT2D eigenvalue weighted by atomic mass is 10.1. The summed E-state index contributed by atoms with van der Waals surface area (Å²) in [6.07, 6.45) is 6.14. The molecule has 6 nitrogen and oxygen atoms in total. The Morgan fingerprint density at radius 3 is 1.45 bits per heavy atom. The number of epoxide rings is 2. The van der Waals surface area contributed by atoms with Crippen LogP contribution in [0, 0.1) is 0 Å². The topological polar surface area (TPSA) is 62.0 Å². The highest BCUT2D eigenvalue weighted by atomic mass is 16.7. The zero-order valence-corrected chi connectivity index (χ0v) is 11.8. The van der Waals surface area contributed by atoms with Gasteiger partial charge in [-0.25, -0.2) is 0 Å². The Bertz CT molecular complexity index is 241. The maximum absolute atomic E-state index is 5.32. The number of hydrogen-bond acceptors (Lipinski definition) is 6. The molecule has 0 amide bonds. The highest BCUT2D eigenvalue weighted by Crippen LogP contribution is 2.23. The van der Waals surface area contributed by atoms with Gasteiger partial charge in [-0.1, -0.05) is 0 Å². The van der Waals surface area contributed by atoms with E-state index in [1.54, 1.807) is 0 Å². The van der Waals surface area contributed by atoms with Gasteiger partial charge < -0.3 is 28.4 Å².